The highest BCUT2D eigenvalue weighted by Gasteiger charge is 2.24. The molecule has 102 valence electrons. The normalized spacial score (nSPS) is 13.9. The average Bonchev–Trinajstić information content (AvgIpc) is 2.90. The first-order valence-corrected chi connectivity index (χ1v) is 8.02. The molecule has 2 aromatic rings. The quantitative estimate of drug-likeness (QED) is 0.844. The van der Waals surface area contributed by atoms with E-state index in [0.717, 1.165) is 15.6 Å². The predicted octanol–water partition coefficient (Wildman–Crippen LogP) is 1.38. The number of nitrogens with zero attached hydrogens (tertiary/aromatic N) is 4. The van der Waals surface area contributed by atoms with E-state index >= 15 is 0 Å². The van der Waals surface area contributed by atoms with Gasteiger partial charge in [0.05, 0.1) is 18.6 Å². The molecule has 0 radical (unpaired) electrons. The second-order valence-electron chi connectivity index (χ2n) is 4.28. The van der Waals surface area contributed by atoms with Gasteiger partial charge in [-0.2, -0.15) is 5.26 Å². The molecule has 3 rings (SSSR count). The molecule has 0 spiro atoms. The van der Waals surface area contributed by atoms with Crippen LogP contribution in [0.4, 0.5) is 5.82 Å². The third kappa shape index (κ3) is 2.19. The fourth-order valence-electron chi connectivity index (χ4n) is 2.21. The number of hydrogen-bond acceptors (Lipinski definition) is 7. The summed E-state index contributed by atoms with van der Waals surface area (Å²) in [7, 11) is 0. The monoisotopic (exact) mass is 305 g/mol. The van der Waals surface area contributed by atoms with Crippen LogP contribution in [0.25, 0.3) is 0 Å². The third-order valence-electron chi connectivity index (χ3n) is 3.18. The van der Waals surface area contributed by atoms with E-state index in [9.17, 15) is 10.1 Å². The molecule has 1 aliphatic rings. The molecule has 0 saturated carbocycles. The summed E-state index contributed by atoms with van der Waals surface area (Å²) in [6, 6.07) is 2.20. The van der Waals surface area contributed by atoms with Crippen LogP contribution in [-0.2, 0) is 13.0 Å². The van der Waals surface area contributed by atoms with Crippen molar-refractivity contribution in [1.82, 2.24) is 15.0 Å². The first kappa shape index (κ1) is 13.1. The number of thiazole rings is 1. The van der Waals surface area contributed by atoms with E-state index in [2.05, 4.69) is 21.0 Å². The van der Waals surface area contributed by atoms with Crippen LogP contribution in [0.2, 0.25) is 0 Å². The van der Waals surface area contributed by atoms with Gasteiger partial charge in [0.25, 0.3) is 5.56 Å². The third-order valence-corrected chi connectivity index (χ3v) is 5.11. The number of aromatic amines is 1. The summed E-state index contributed by atoms with van der Waals surface area (Å²) in [6.45, 7) is 1.19. The number of H-pyrrole nitrogens is 1. The highest BCUT2D eigenvalue weighted by atomic mass is 32.2. The maximum absolute atomic E-state index is 11.7. The largest absolute Gasteiger partial charge is 0.349 e. The van der Waals surface area contributed by atoms with Crippen LogP contribution in [0, 0.1) is 11.3 Å². The minimum Gasteiger partial charge on any atom is -0.349 e. The lowest BCUT2D eigenvalue weighted by molar-refractivity contribution is 0.687. The van der Waals surface area contributed by atoms with Crippen LogP contribution in [0.5, 0.6) is 0 Å². The molecule has 1 N–H and O–H groups in total. The van der Waals surface area contributed by atoms with Crippen LogP contribution in [0.15, 0.2) is 15.5 Å². The van der Waals surface area contributed by atoms with Crippen molar-refractivity contribution in [2.75, 3.05) is 17.7 Å². The summed E-state index contributed by atoms with van der Waals surface area (Å²) in [4.78, 5) is 25.6. The maximum Gasteiger partial charge on any atom is 0.254 e. The predicted molar refractivity (Wildman–Crippen MR) is 78.2 cm³/mol. The topological polar surface area (TPSA) is 85.7 Å². The number of thioether (sulfide) groups is 1. The fraction of sp³-hybridized carbons (Fsp3) is 0.333. The first-order chi connectivity index (χ1) is 9.72. The highest BCUT2D eigenvalue weighted by molar-refractivity contribution is 8.00. The van der Waals surface area contributed by atoms with Gasteiger partial charge in [-0.1, -0.05) is 23.1 Å². The van der Waals surface area contributed by atoms with E-state index in [0.29, 0.717) is 30.2 Å². The van der Waals surface area contributed by atoms with Crippen molar-refractivity contribution >= 4 is 28.9 Å². The Labute approximate surface area is 123 Å². The van der Waals surface area contributed by atoms with Crippen molar-refractivity contribution in [2.45, 2.75) is 17.3 Å². The second-order valence-corrected chi connectivity index (χ2v) is 6.33. The van der Waals surface area contributed by atoms with Crippen molar-refractivity contribution < 1.29 is 0 Å². The molecule has 0 bridgehead atoms. The van der Waals surface area contributed by atoms with Gasteiger partial charge in [-0.25, -0.2) is 9.97 Å². The number of rotatable bonds is 2. The molecule has 0 aromatic carbocycles. The van der Waals surface area contributed by atoms with E-state index in [4.69, 9.17) is 0 Å². The molecule has 20 heavy (non-hydrogen) atoms. The number of hydrogen-bond donors (Lipinski definition) is 1. The van der Waals surface area contributed by atoms with Gasteiger partial charge in [0.1, 0.15) is 10.9 Å². The van der Waals surface area contributed by atoms with Crippen molar-refractivity contribution in [3.8, 4) is 6.07 Å². The van der Waals surface area contributed by atoms with Crippen molar-refractivity contribution in [3.63, 3.8) is 0 Å². The fourth-order valence-corrected chi connectivity index (χ4v) is 3.59. The average molecular weight is 305 g/mol. The number of aromatic nitrogens is 3. The van der Waals surface area contributed by atoms with Gasteiger partial charge in [-0.3, -0.25) is 4.79 Å². The van der Waals surface area contributed by atoms with Crippen LogP contribution in [0.1, 0.15) is 16.1 Å². The minimum atomic E-state index is -0.0711. The summed E-state index contributed by atoms with van der Waals surface area (Å²) in [6.07, 6.45) is 3.98. The second kappa shape index (κ2) is 5.26. The summed E-state index contributed by atoms with van der Waals surface area (Å²) in [5, 5.41) is 9.21. The van der Waals surface area contributed by atoms with E-state index in [1.807, 2.05) is 11.2 Å². The maximum atomic E-state index is 11.7. The van der Waals surface area contributed by atoms with Crippen molar-refractivity contribution in [1.29, 1.82) is 5.26 Å². The molecule has 8 heteroatoms. The van der Waals surface area contributed by atoms with E-state index < -0.39 is 0 Å². The summed E-state index contributed by atoms with van der Waals surface area (Å²) >= 11 is 2.93. The van der Waals surface area contributed by atoms with Gasteiger partial charge >= 0.3 is 0 Å². The minimum absolute atomic E-state index is 0.0711. The number of fused-ring (bicyclic) bond motifs is 1. The van der Waals surface area contributed by atoms with E-state index in [-0.39, 0.29) is 5.56 Å². The van der Waals surface area contributed by atoms with E-state index in [1.54, 1.807) is 0 Å². The zero-order valence-corrected chi connectivity index (χ0v) is 12.3. The lowest BCUT2D eigenvalue weighted by Gasteiger charge is -2.27. The smallest absolute Gasteiger partial charge is 0.254 e. The Balaban J connectivity index is 1.96. The SMILES string of the molecule is CSc1nc(N2CCc3c(nc[nH]c3=O)C2)c(C#N)s1. The molecule has 0 aliphatic carbocycles. The van der Waals surface area contributed by atoms with Crippen LogP contribution >= 0.6 is 23.1 Å². The van der Waals surface area contributed by atoms with Crippen LogP contribution in [0.3, 0.4) is 0 Å². The Kier molecular flexibility index (Phi) is 3.46. The molecule has 0 fully saturated rings. The molecule has 2 aromatic heterocycles. The Hall–Kier alpha value is -1.85. The molecule has 0 unspecified atom stereocenters. The molecule has 0 saturated heterocycles. The Morgan fingerprint density at radius 3 is 3.20 bits per heavy atom. The molecule has 1 aliphatic heterocycles. The molecular formula is C12H11N5OS2. The molecule has 0 atom stereocenters. The van der Waals surface area contributed by atoms with Gasteiger partial charge in [0, 0.05) is 12.1 Å². The summed E-state index contributed by atoms with van der Waals surface area (Å²) in [5.74, 6) is 0.703. The van der Waals surface area contributed by atoms with Crippen molar-refractivity contribution in [2.24, 2.45) is 0 Å². The summed E-state index contributed by atoms with van der Waals surface area (Å²) in [5.41, 5.74) is 1.43. The zero-order chi connectivity index (χ0) is 14.1. The van der Waals surface area contributed by atoms with Gasteiger partial charge in [0.15, 0.2) is 10.2 Å². The number of anilines is 1. The molecular weight excluding hydrogens is 294 g/mol. The van der Waals surface area contributed by atoms with E-state index in [1.165, 1.54) is 29.4 Å². The van der Waals surface area contributed by atoms with Gasteiger partial charge in [-0.05, 0) is 12.7 Å². The Morgan fingerprint density at radius 1 is 1.60 bits per heavy atom. The Morgan fingerprint density at radius 2 is 2.45 bits per heavy atom. The Bertz CT molecular complexity index is 745. The number of nitrogens with one attached hydrogen (secondary N) is 1. The van der Waals surface area contributed by atoms with Crippen LogP contribution in [-0.4, -0.2) is 27.8 Å². The standard InChI is InChI=1S/C12H11N5OS2/c1-19-12-16-10(9(4-13)20-12)17-3-2-7-8(5-17)14-6-15-11(7)18/h6H,2-3,5H2,1H3,(H,14,15,18). The van der Waals surface area contributed by atoms with Gasteiger partial charge < -0.3 is 9.88 Å². The number of nitriles is 1. The molecule has 6 nitrogen and oxygen atoms in total. The van der Waals surface area contributed by atoms with Crippen LogP contribution < -0.4 is 10.5 Å². The lowest BCUT2D eigenvalue weighted by atomic mass is 10.1. The summed E-state index contributed by atoms with van der Waals surface area (Å²) < 4.78 is 0.876. The molecule has 3 heterocycles. The van der Waals surface area contributed by atoms with Gasteiger partial charge in [-0.15, -0.1) is 0 Å². The van der Waals surface area contributed by atoms with Crippen molar-refractivity contribution in [3.05, 3.63) is 32.8 Å². The molecule has 0 amide bonds. The highest BCUT2D eigenvalue weighted by Crippen LogP contribution is 2.32. The lowest BCUT2D eigenvalue weighted by Crippen LogP contribution is -2.35. The van der Waals surface area contributed by atoms with Gasteiger partial charge in [0.2, 0.25) is 0 Å². The first-order valence-electron chi connectivity index (χ1n) is 5.98. The zero-order valence-electron chi connectivity index (χ0n) is 10.7.